The van der Waals surface area contributed by atoms with Crippen LogP contribution in [0.2, 0.25) is 0 Å². The van der Waals surface area contributed by atoms with Crippen LogP contribution in [-0.2, 0) is 4.74 Å². The molecule has 0 aromatic carbocycles. The number of morpholine rings is 1. The lowest BCUT2D eigenvalue weighted by Gasteiger charge is -2.28. The molecule has 18 heavy (non-hydrogen) atoms. The van der Waals surface area contributed by atoms with Gasteiger partial charge in [0.05, 0.1) is 6.10 Å². The number of nitrogens with one attached hydrogen (secondary N) is 1. The van der Waals surface area contributed by atoms with Gasteiger partial charge in [0.15, 0.2) is 0 Å². The van der Waals surface area contributed by atoms with Crippen LogP contribution in [-0.4, -0.2) is 36.9 Å². The van der Waals surface area contributed by atoms with Crippen molar-refractivity contribution >= 4 is 0 Å². The fourth-order valence-corrected chi connectivity index (χ4v) is 1.87. The highest BCUT2D eigenvalue weighted by Crippen LogP contribution is 2.16. The van der Waals surface area contributed by atoms with Crippen molar-refractivity contribution < 1.29 is 9.47 Å². The Hall–Kier alpha value is -1.64. The molecule has 2 rings (SSSR count). The molecule has 0 radical (unpaired) electrons. The zero-order valence-electron chi connectivity index (χ0n) is 10.6. The number of nitrogens with zero attached hydrogens (tertiary/aromatic N) is 2. The summed E-state index contributed by atoms with van der Waals surface area (Å²) < 4.78 is 11.3. The summed E-state index contributed by atoms with van der Waals surface area (Å²) in [5.41, 5.74) is 1.29. The Labute approximate surface area is 107 Å². The van der Waals surface area contributed by atoms with Crippen LogP contribution < -0.4 is 10.1 Å². The van der Waals surface area contributed by atoms with Gasteiger partial charge in [0.1, 0.15) is 24.3 Å². The summed E-state index contributed by atoms with van der Waals surface area (Å²) in [4.78, 5) is 4.23. The molecule has 0 spiro atoms. The molecule has 2 unspecified atom stereocenters. The van der Waals surface area contributed by atoms with Crippen molar-refractivity contribution in [2.24, 2.45) is 0 Å². The third-order valence-corrected chi connectivity index (χ3v) is 2.75. The molecule has 2 heterocycles. The third-order valence-electron chi connectivity index (χ3n) is 2.75. The number of aryl methyl sites for hydroxylation is 1. The molecule has 1 aromatic rings. The predicted octanol–water partition coefficient (Wildman–Crippen LogP) is 1.02. The molecule has 2 atom stereocenters. The minimum atomic E-state index is 0.00241. The van der Waals surface area contributed by atoms with Gasteiger partial charge < -0.3 is 14.8 Å². The lowest BCUT2D eigenvalue weighted by molar-refractivity contribution is -0.0477. The van der Waals surface area contributed by atoms with Crippen LogP contribution in [0.15, 0.2) is 12.1 Å². The molecule has 96 valence electrons. The molecule has 0 bridgehead atoms. The van der Waals surface area contributed by atoms with Gasteiger partial charge in [-0.1, -0.05) is 0 Å². The van der Waals surface area contributed by atoms with E-state index in [1.807, 2.05) is 13.8 Å². The molecule has 1 aliphatic heterocycles. The molecule has 1 N–H and O–H groups in total. The van der Waals surface area contributed by atoms with Crippen LogP contribution in [0, 0.1) is 18.3 Å². The van der Waals surface area contributed by atoms with Crippen molar-refractivity contribution in [2.75, 3.05) is 19.7 Å². The number of rotatable bonds is 3. The normalized spacial score (nSPS) is 23.4. The van der Waals surface area contributed by atoms with Crippen LogP contribution in [0.25, 0.3) is 0 Å². The Kier molecular flexibility index (Phi) is 4.13. The minimum absolute atomic E-state index is 0.00241. The quantitative estimate of drug-likeness (QED) is 0.863. The largest absolute Gasteiger partial charge is 0.474 e. The average molecular weight is 247 g/mol. The molecule has 0 saturated carbocycles. The number of hydrogen-bond acceptors (Lipinski definition) is 5. The lowest BCUT2D eigenvalue weighted by Crippen LogP contribution is -2.45. The van der Waals surface area contributed by atoms with Gasteiger partial charge in [0.2, 0.25) is 5.88 Å². The average Bonchev–Trinajstić information content (AvgIpc) is 2.37. The van der Waals surface area contributed by atoms with E-state index in [1.165, 1.54) is 0 Å². The summed E-state index contributed by atoms with van der Waals surface area (Å²) in [6.07, 6.45) is 0.191. The molecule has 5 nitrogen and oxygen atoms in total. The summed E-state index contributed by atoms with van der Waals surface area (Å²) in [5, 5.41) is 12.2. The van der Waals surface area contributed by atoms with Gasteiger partial charge in [-0.2, -0.15) is 5.26 Å². The summed E-state index contributed by atoms with van der Waals surface area (Å²) in [6, 6.07) is 5.60. The van der Waals surface area contributed by atoms with Crippen molar-refractivity contribution in [2.45, 2.75) is 26.1 Å². The smallest absolute Gasteiger partial charge is 0.231 e. The Balaban J connectivity index is 1.97. The van der Waals surface area contributed by atoms with Crippen molar-refractivity contribution in [1.82, 2.24) is 10.3 Å². The molecule has 1 aromatic heterocycles. The second-order valence-electron chi connectivity index (χ2n) is 4.46. The highest BCUT2D eigenvalue weighted by molar-refractivity contribution is 5.38. The zero-order chi connectivity index (χ0) is 13.0. The monoisotopic (exact) mass is 247 g/mol. The Bertz CT molecular complexity index is 456. The summed E-state index contributed by atoms with van der Waals surface area (Å²) >= 11 is 0. The maximum absolute atomic E-state index is 8.97. The molecule has 1 aliphatic rings. The highest BCUT2D eigenvalue weighted by Gasteiger charge is 2.20. The van der Waals surface area contributed by atoms with Gasteiger partial charge in [-0.15, -0.1) is 0 Å². The molecular weight excluding hydrogens is 230 g/mol. The first-order valence-corrected chi connectivity index (χ1v) is 6.05. The maximum Gasteiger partial charge on any atom is 0.231 e. The van der Waals surface area contributed by atoms with E-state index in [0.717, 1.165) is 18.8 Å². The lowest BCUT2D eigenvalue weighted by atomic mass is 10.2. The topological polar surface area (TPSA) is 67.2 Å². The van der Waals surface area contributed by atoms with E-state index in [9.17, 15) is 0 Å². The van der Waals surface area contributed by atoms with Gasteiger partial charge in [-0.05, 0) is 26.0 Å². The van der Waals surface area contributed by atoms with Crippen LogP contribution in [0.3, 0.4) is 0 Å². The third kappa shape index (κ3) is 3.19. The zero-order valence-corrected chi connectivity index (χ0v) is 10.6. The van der Waals surface area contributed by atoms with E-state index in [4.69, 9.17) is 14.7 Å². The standard InChI is InChI=1S/C13H17N3O2/c1-9-3-4-11(5-14)13(16-9)17-8-12-7-15-6-10(2)18-12/h3-4,10,12,15H,6-8H2,1-2H3. The predicted molar refractivity (Wildman–Crippen MR) is 66.4 cm³/mol. The number of ether oxygens (including phenoxy) is 2. The second kappa shape index (κ2) is 5.80. The van der Waals surface area contributed by atoms with Gasteiger partial charge in [0.25, 0.3) is 0 Å². The van der Waals surface area contributed by atoms with E-state index in [0.29, 0.717) is 18.1 Å². The number of pyridine rings is 1. The van der Waals surface area contributed by atoms with E-state index < -0.39 is 0 Å². The van der Waals surface area contributed by atoms with Crippen molar-refractivity contribution in [3.8, 4) is 11.9 Å². The van der Waals surface area contributed by atoms with Crippen molar-refractivity contribution in [1.29, 1.82) is 5.26 Å². The maximum atomic E-state index is 8.97. The van der Waals surface area contributed by atoms with Crippen molar-refractivity contribution in [3.05, 3.63) is 23.4 Å². The summed E-state index contributed by atoms with van der Waals surface area (Å²) in [6.45, 7) is 5.92. The van der Waals surface area contributed by atoms with Crippen LogP contribution in [0.1, 0.15) is 18.2 Å². The number of hydrogen-bond donors (Lipinski definition) is 1. The number of nitriles is 1. The van der Waals surface area contributed by atoms with Gasteiger partial charge >= 0.3 is 0 Å². The van der Waals surface area contributed by atoms with E-state index in [2.05, 4.69) is 16.4 Å². The fourth-order valence-electron chi connectivity index (χ4n) is 1.87. The van der Waals surface area contributed by atoms with Crippen LogP contribution in [0.5, 0.6) is 5.88 Å². The van der Waals surface area contributed by atoms with E-state index in [1.54, 1.807) is 12.1 Å². The minimum Gasteiger partial charge on any atom is -0.474 e. The molecule has 1 saturated heterocycles. The molecular formula is C13H17N3O2. The van der Waals surface area contributed by atoms with E-state index >= 15 is 0 Å². The molecule has 5 heteroatoms. The van der Waals surface area contributed by atoms with Crippen molar-refractivity contribution in [3.63, 3.8) is 0 Å². The summed E-state index contributed by atoms with van der Waals surface area (Å²) in [7, 11) is 0. The molecule has 1 fully saturated rings. The SMILES string of the molecule is Cc1ccc(C#N)c(OCC2CNCC(C)O2)n1. The first kappa shape index (κ1) is 12.8. The molecule has 0 aliphatic carbocycles. The Morgan fingerprint density at radius 2 is 2.39 bits per heavy atom. The van der Waals surface area contributed by atoms with Gasteiger partial charge in [-0.3, -0.25) is 0 Å². The van der Waals surface area contributed by atoms with Crippen LogP contribution >= 0.6 is 0 Å². The first-order chi connectivity index (χ1) is 8.69. The Morgan fingerprint density at radius 1 is 1.56 bits per heavy atom. The fraction of sp³-hybridized carbons (Fsp3) is 0.538. The van der Waals surface area contributed by atoms with Gasteiger partial charge in [-0.25, -0.2) is 4.98 Å². The summed E-state index contributed by atoms with van der Waals surface area (Å²) in [5.74, 6) is 0.388. The highest BCUT2D eigenvalue weighted by atomic mass is 16.5. The van der Waals surface area contributed by atoms with Gasteiger partial charge in [0, 0.05) is 18.8 Å². The second-order valence-corrected chi connectivity index (χ2v) is 4.46. The Morgan fingerprint density at radius 3 is 3.11 bits per heavy atom. The van der Waals surface area contributed by atoms with E-state index in [-0.39, 0.29) is 12.2 Å². The first-order valence-electron chi connectivity index (χ1n) is 6.05. The van der Waals surface area contributed by atoms with Crippen LogP contribution in [0.4, 0.5) is 0 Å². The number of aromatic nitrogens is 1. The molecule has 0 amide bonds.